The van der Waals surface area contributed by atoms with E-state index >= 15 is 0 Å². The molecule has 0 saturated carbocycles. The monoisotopic (exact) mass is 339 g/mol. The number of rotatable bonds is 5. The van der Waals surface area contributed by atoms with Crippen LogP contribution in [0.1, 0.15) is 22.4 Å². The van der Waals surface area contributed by atoms with E-state index in [1.807, 2.05) is 48.7 Å². The zero-order valence-electron chi connectivity index (χ0n) is 14.2. The van der Waals surface area contributed by atoms with Crippen molar-refractivity contribution in [2.24, 2.45) is 0 Å². The zero-order valence-corrected chi connectivity index (χ0v) is 15.0. The van der Waals surface area contributed by atoms with E-state index in [-0.39, 0.29) is 5.91 Å². The maximum Gasteiger partial charge on any atom is 0.234 e. The summed E-state index contributed by atoms with van der Waals surface area (Å²) in [6, 6.07) is 10.1. The molecule has 2 aromatic heterocycles. The first-order valence-electron chi connectivity index (χ1n) is 7.90. The molecule has 2 heterocycles. The number of aryl methyl sites for hydroxylation is 3. The van der Waals surface area contributed by atoms with Crippen molar-refractivity contribution in [3.8, 4) is 0 Å². The van der Waals surface area contributed by atoms with Crippen LogP contribution in [-0.2, 0) is 10.5 Å². The summed E-state index contributed by atoms with van der Waals surface area (Å²) in [4.78, 5) is 16.7. The number of hydrogen-bond acceptors (Lipinski definition) is 3. The Balaban J connectivity index is 1.55. The second-order valence-electron chi connectivity index (χ2n) is 6.06. The summed E-state index contributed by atoms with van der Waals surface area (Å²) in [6.45, 7) is 6.08. The van der Waals surface area contributed by atoms with E-state index < -0.39 is 0 Å². The molecule has 0 spiro atoms. The molecule has 5 heteroatoms. The lowest BCUT2D eigenvalue weighted by molar-refractivity contribution is -0.113. The molecular weight excluding hydrogens is 318 g/mol. The molecule has 3 aromatic rings. The highest BCUT2D eigenvalue weighted by Crippen LogP contribution is 2.18. The van der Waals surface area contributed by atoms with Crippen LogP contribution in [0.25, 0.3) is 5.65 Å². The second kappa shape index (κ2) is 7.09. The number of amides is 1. The van der Waals surface area contributed by atoms with E-state index in [0.29, 0.717) is 5.75 Å². The standard InChI is InChI=1S/C19H21N3OS/c1-13-4-6-15(3)17(8-13)21-19(23)12-24-11-16-10-22-9-14(2)5-7-18(22)20-16/h4-10H,11-12H2,1-3H3,(H,21,23). The predicted octanol–water partition coefficient (Wildman–Crippen LogP) is 4.13. The number of benzene rings is 1. The lowest BCUT2D eigenvalue weighted by Gasteiger charge is -2.09. The number of nitrogens with zero attached hydrogens (tertiary/aromatic N) is 2. The first kappa shape index (κ1) is 16.6. The molecule has 3 rings (SSSR count). The van der Waals surface area contributed by atoms with Crippen LogP contribution in [0.15, 0.2) is 42.7 Å². The van der Waals surface area contributed by atoms with Gasteiger partial charge in [0.1, 0.15) is 5.65 Å². The van der Waals surface area contributed by atoms with E-state index in [2.05, 4.69) is 29.5 Å². The van der Waals surface area contributed by atoms with Gasteiger partial charge in [0.25, 0.3) is 0 Å². The van der Waals surface area contributed by atoms with Crippen molar-refractivity contribution >= 4 is 29.0 Å². The molecule has 0 unspecified atom stereocenters. The summed E-state index contributed by atoms with van der Waals surface area (Å²) >= 11 is 1.58. The molecule has 124 valence electrons. The summed E-state index contributed by atoms with van der Waals surface area (Å²) in [5, 5.41) is 2.99. The van der Waals surface area contributed by atoms with Crippen LogP contribution in [0.3, 0.4) is 0 Å². The molecule has 1 aromatic carbocycles. The number of carbonyl (C=O) groups excluding carboxylic acids is 1. The molecule has 0 aliphatic rings. The highest BCUT2D eigenvalue weighted by atomic mass is 32.2. The zero-order chi connectivity index (χ0) is 17.1. The Labute approximate surface area is 146 Å². The third-order valence-electron chi connectivity index (χ3n) is 3.80. The van der Waals surface area contributed by atoms with Gasteiger partial charge in [-0.25, -0.2) is 4.98 Å². The molecule has 0 fully saturated rings. The minimum Gasteiger partial charge on any atom is -0.325 e. The van der Waals surface area contributed by atoms with E-state index in [0.717, 1.165) is 33.9 Å². The number of anilines is 1. The molecule has 24 heavy (non-hydrogen) atoms. The topological polar surface area (TPSA) is 46.4 Å². The third kappa shape index (κ3) is 3.97. The van der Waals surface area contributed by atoms with Gasteiger partial charge in [-0.1, -0.05) is 18.2 Å². The van der Waals surface area contributed by atoms with Crippen LogP contribution in [0.4, 0.5) is 5.69 Å². The van der Waals surface area contributed by atoms with Gasteiger partial charge in [-0.15, -0.1) is 11.8 Å². The van der Waals surface area contributed by atoms with Gasteiger partial charge in [0.05, 0.1) is 11.4 Å². The smallest absolute Gasteiger partial charge is 0.234 e. The van der Waals surface area contributed by atoms with Gasteiger partial charge in [-0.3, -0.25) is 4.79 Å². The lowest BCUT2D eigenvalue weighted by Crippen LogP contribution is -2.15. The average Bonchev–Trinajstić information content (AvgIpc) is 2.92. The van der Waals surface area contributed by atoms with Crippen molar-refractivity contribution in [3.05, 3.63) is 65.1 Å². The Morgan fingerprint density at radius 2 is 1.92 bits per heavy atom. The van der Waals surface area contributed by atoms with Gasteiger partial charge in [-0.05, 0) is 49.6 Å². The number of aromatic nitrogens is 2. The van der Waals surface area contributed by atoms with Gasteiger partial charge >= 0.3 is 0 Å². The van der Waals surface area contributed by atoms with E-state index in [4.69, 9.17) is 0 Å². The molecule has 0 aliphatic carbocycles. The van der Waals surface area contributed by atoms with Gasteiger partial charge in [-0.2, -0.15) is 0 Å². The summed E-state index contributed by atoms with van der Waals surface area (Å²) in [6.07, 6.45) is 4.08. The van der Waals surface area contributed by atoms with Crippen LogP contribution >= 0.6 is 11.8 Å². The Morgan fingerprint density at radius 3 is 2.75 bits per heavy atom. The van der Waals surface area contributed by atoms with E-state index in [1.54, 1.807) is 11.8 Å². The summed E-state index contributed by atoms with van der Waals surface area (Å²) in [5.74, 6) is 1.16. The molecule has 0 saturated heterocycles. The van der Waals surface area contributed by atoms with Gasteiger partial charge < -0.3 is 9.72 Å². The first-order valence-corrected chi connectivity index (χ1v) is 9.06. The molecule has 1 N–H and O–H groups in total. The Hall–Kier alpha value is -2.27. The summed E-state index contributed by atoms with van der Waals surface area (Å²) < 4.78 is 2.03. The largest absolute Gasteiger partial charge is 0.325 e. The van der Waals surface area contributed by atoms with Crippen molar-refractivity contribution in [1.82, 2.24) is 9.38 Å². The molecule has 0 radical (unpaired) electrons. The highest BCUT2D eigenvalue weighted by molar-refractivity contribution is 7.99. The van der Waals surface area contributed by atoms with E-state index in [9.17, 15) is 4.79 Å². The SMILES string of the molecule is Cc1ccc(C)c(NC(=O)CSCc2cn3cc(C)ccc3n2)c1. The van der Waals surface area contributed by atoms with Crippen molar-refractivity contribution in [2.45, 2.75) is 26.5 Å². The number of carbonyl (C=O) groups is 1. The molecule has 4 nitrogen and oxygen atoms in total. The van der Waals surface area contributed by atoms with Crippen LogP contribution in [0.2, 0.25) is 0 Å². The van der Waals surface area contributed by atoms with Crippen LogP contribution < -0.4 is 5.32 Å². The number of imidazole rings is 1. The van der Waals surface area contributed by atoms with Crippen molar-refractivity contribution in [2.75, 3.05) is 11.1 Å². The fourth-order valence-electron chi connectivity index (χ4n) is 2.53. The van der Waals surface area contributed by atoms with Crippen molar-refractivity contribution < 1.29 is 4.79 Å². The third-order valence-corrected chi connectivity index (χ3v) is 4.77. The number of thioether (sulfide) groups is 1. The Kier molecular flexibility index (Phi) is 4.90. The molecule has 0 atom stereocenters. The van der Waals surface area contributed by atoms with E-state index in [1.165, 1.54) is 5.56 Å². The molecular formula is C19H21N3OS. The van der Waals surface area contributed by atoms with Gasteiger partial charge in [0.2, 0.25) is 5.91 Å². The summed E-state index contributed by atoms with van der Waals surface area (Å²) in [7, 11) is 0. The highest BCUT2D eigenvalue weighted by Gasteiger charge is 2.07. The number of hydrogen-bond donors (Lipinski definition) is 1. The fraction of sp³-hybridized carbons (Fsp3) is 0.263. The van der Waals surface area contributed by atoms with Crippen LogP contribution in [0.5, 0.6) is 0 Å². The first-order chi connectivity index (χ1) is 11.5. The molecule has 0 bridgehead atoms. The fourth-order valence-corrected chi connectivity index (χ4v) is 3.24. The lowest BCUT2D eigenvalue weighted by atomic mass is 10.1. The normalized spacial score (nSPS) is 11.0. The quantitative estimate of drug-likeness (QED) is 0.760. The van der Waals surface area contributed by atoms with Gasteiger partial charge in [0, 0.05) is 23.8 Å². The maximum atomic E-state index is 12.1. The number of fused-ring (bicyclic) bond motifs is 1. The van der Waals surface area contributed by atoms with Crippen LogP contribution in [0, 0.1) is 20.8 Å². The van der Waals surface area contributed by atoms with Crippen LogP contribution in [-0.4, -0.2) is 21.0 Å². The Morgan fingerprint density at radius 1 is 1.12 bits per heavy atom. The van der Waals surface area contributed by atoms with Gasteiger partial charge in [0.15, 0.2) is 0 Å². The predicted molar refractivity (Wildman–Crippen MR) is 101 cm³/mol. The Bertz CT molecular complexity index is 885. The minimum absolute atomic E-state index is 0.0216. The second-order valence-corrected chi connectivity index (χ2v) is 7.05. The average molecular weight is 339 g/mol. The minimum atomic E-state index is 0.0216. The van der Waals surface area contributed by atoms with Crippen molar-refractivity contribution in [1.29, 1.82) is 0 Å². The molecule has 1 amide bonds. The maximum absolute atomic E-state index is 12.1. The number of nitrogens with one attached hydrogen (secondary N) is 1. The molecule has 0 aliphatic heterocycles. The van der Waals surface area contributed by atoms with Crippen molar-refractivity contribution in [3.63, 3.8) is 0 Å². The number of pyridine rings is 1. The summed E-state index contributed by atoms with van der Waals surface area (Å²) in [5.41, 5.74) is 6.25.